The Balaban J connectivity index is 0.000000406. The molecule has 0 bridgehead atoms. The van der Waals surface area contributed by atoms with E-state index in [1.165, 1.54) is 12.1 Å². The molecule has 0 saturated carbocycles. The van der Waals surface area contributed by atoms with Crippen LogP contribution in [-0.2, 0) is 4.74 Å². The maximum Gasteiger partial charge on any atom is 0.412 e. The lowest BCUT2D eigenvalue weighted by Gasteiger charge is -2.16. The molecule has 11 heteroatoms. The molecule has 0 fully saturated rings. The summed E-state index contributed by atoms with van der Waals surface area (Å²) in [6.07, 6.45) is 1.39. The number of hydrogen-bond donors (Lipinski definition) is 2. The van der Waals surface area contributed by atoms with E-state index in [0.29, 0.717) is 11.3 Å². The third kappa shape index (κ3) is 5.97. The van der Waals surface area contributed by atoms with E-state index in [1.807, 2.05) is 53.1 Å². The second kappa shape index (κ2) is 11.1. The van der Waals surface area contributed by atoms with E-state index in [9.17, 15) is 14.0 Å². The Morgan fingerprint density at radius 1 is 0.950 bits per heavy atom. The number of rotatable bonds is 3. The standard InChI is InChI=1S/C24H14FN5O2.C5H11NO2/c25-19-10-16(9-8-14(19)11-26)30-20-6-2-1-4-18(20)22-17(5-3-7-21(22)30)15-12-28-24(29-13-15)32-23(27)31;1-5(2,3)8-4(6)7/h1-10,12-13H,(H2,27,31);1-3H3,(H2,6,7). The number of nitriles is 1. The molecule has 0 aliphatic carbocycles. The van der Waals surface area contributed by atoms with E-state index in [-0.39, 0.29) is 11.6 Å². The molecule has 0 aliphatic rings. The van der Waals surface area contributed by atoms with Gasteiger partial charge in [-0.1, -0.05) is 30.3 Å². The number of halogens is 1. The van der Waals surface area contributed by atoms with Gasteiger partial charge in [0.05, 0.1) is 16.6 Å². The maximum absolute atomic E-state index is 14.4. The van der Waals surface area contributed by atoms with Crippen LogP contribution in [0.1, 0.15) is 26.3 Å². The van der Waals surface area contributed by atoms with Gasteiger partial charge in [-0.2, -0.15) is 5.26 Å². The smallest absolute Gasteiger partial charge is 0.412 e. The molecule has 5 aromatic rings. The SMILES string of the molecule is CC(C)(C)OC(N)=O.N#Cc1ccc(-n2c3ccccc3c3c(-c4cnc(OC(N)=O)nc4)cccc32)cc1F. The Hall–Kier alpha value is -5.50. The summed E-state index contributed by atoms with van der Waals surface area (Å²) in [5.74, 6) is -0.578. The Morgan fingerprint density at radius 3 is 2.20 bits per heavy atom. The summed E-state index contributed by atoms with van der Waals surface area (Å²) >= 11 is 0. The van der Waals surface area contributed by atoms with Gasteiger partial charge in [-0.15, -0.1) is 0 Å². The van der Waals surface area contributed by atoms with Crippen molar-refractivity contribution in [2.24, 2.45) is 11.5 Å². The van der Waals surface area contributed by atoms with Gasteiger partial charge in [0.25, 0.3) is 0 Å². The Morgan fingerprint density at radius 2 is 1.62 bits per heavy atom. The zero-order valence-corrected chi connectivity index (χ0v) is 21.9. The van der Waals surface area contributed by atoms with Crippen LogP contribution in [0.4, 0.5) is 14.0 Å². The topological polar surface area (TPSA) is 159 Å². The highest BCUT2D eigenvalue weighted by Gasteiger charge is 2.17. The van der Waals surface area contributed by atoms with E-state index in [1.54, 1.807) is 39.2 Å². The first kappa shape index (κ1) is 27.5. The molecule has 0 aliphatic heterocycles. The molecule has 0 saturated heterocycles. The number of primary amides is 2. The van der Waals surface area contributed by atoms with Crippen molar-refractivity contribution in [3.05, 3.63) is 84.4 Å². The average molecular weight is 541 g/mol. The van der Waals surface area contributed by atoms with Crippen molar-refractivity contribution >= 4 is 34.0 Å². The van der Waals surface area contributed by atoms with Gasteiger partial charge in [0.15, 0.2) is 0 Å². The number of benzene rings is 3. The van der Waals surface area contributed by atoms with Gasteiger partial charge in [-0.3, -0.25) is 0 Å². The molecule has 40 heavy (non-hydrogen) atoms. The van der Waals surface area contributed by atoms with E-state index < -0.39 is 23.6 Å². The Kier molecular flexibility index (Phi) is 7.63. The normalized spacial score (nSPS) is 10.9. The van der Waals surface area contributed by atoms with Gasteiger partial charge < -0.3 is 25.5 Å². The van der Waals surface area contributed by atoms with Gasteiger partial charge in [0.1, 0.15) is 17.5 Å². The molecule has 2 heterocycles. The molecule has 0 atom stereocenters. The molecule has 4 N–H and O–H groups in total. The minimum atomic E-state index is -0.988. The first-order chi connectivity index (χ1) is 19.0. The highest BCUT2D eigenvalue weighted by Crippen LogP contribution is 2.38. The zero-order valence-electron chi connectivity index (χ0n) is 21.9. The number of hydrogen-bond acceptors (Lipinski definition) is 7. The van der Waals surface area contributed by atoms with Gasteiger partial charge in [0.2, 0.25) is 0 Å². The third-order valence-corrected chi connectivity index (χ3v) is 5.57. The summed E-state index contributed by atoms with van der Waals surface area (Å²) in [4.78, 5) is 29.0. The maximum atomic E-state index is 14.4. The third-order valence-electron chi connectivity index (χ3n) is 5.57. The van der Waals surface area contributed by atoms with Crippen molar-refractivity contribution in [3.63, 3.8) is 0 Å². The van der Waals surface area contributed by atoms with Gasteiger partial charge >= 0.3 is 18.2 Å². The Bertz CT molecular complexity index is 1770. The molecule has 10 nitrogen and oxygen atoms in total. The van der Waals surface area contributed by atoms with E-state index in [2.05, 4.69) is 14.7 Å². The zero-order chi connectivity index (χ0) is 29.0. The first-order valence-electron chi connectivity index (χ1n) is 12.0. The van der Waals surface area contributed by atoms with E-state index in [4.69, 9.17) is 21.5 Å². The number of nitrogens with zero attached hydrogens (tertiary/aromatic N) is 4. The molecule has 202 valence electrons. The highest BCUT2D eigenvalue weighted by molar-refractivity contribution is 6.15. The van der Waals surface area contributed by atoms with Crippen LogP contribution in [0.2, 0.25) is 0 Å². The van der Waals surface area contributed by atoms with Crippen LogP contribution >= 0.6 is 0 Å². The molecule has 0 unspecified atom stereocenters. The van der Waals surface area contributed by atoms with Crippen molar-refractivity contribution in [2.45, 2.75) is 26.4 Å². The number of para-hydroxylation sites is 1. The summed E-state index contributed by atoms with van der Waals surface area (Å²) in [7, 11) is 0. The number of amides is 2. The number of aromatic nitrogens is 3. The summed E-state index contributed by atoms with van der Waals surface area (Å²) in [6.45, 7) is 5.28. The molecular weight excluding hydrogens is 515 g/mol. The number of carbonyl (C=O) groups is 2. The van der Waals surface area contributed by atoms with Crippen molar-refractivity contribution in [3.8, 4) is 28.9 Å². The van der Waals surface area contributed by atoms with Gasteiger partial charge in [-0.25, -0.2) is 23.9 Å². The quantitative estimate of drug-likeness (QED) is 0.302. The van der Waals surface area contributed by atoms with E-state index in [0.717, 1.165) is 27.4 Å². The summed E-state index contributed by atoms with van der Waals surface area (Å²) in [5, 5.41) is 11.0. The predicted molar refractivity (Wildman–Crippen MR) is 147 cm³/mol. The lowest BCUT2D eigenvalue weighted by atomic mass is 10.0. The monoisotopic (exact) mass is 540 g/mol. The molecule has 5 rings (SSSR count). The average Bonchev–Trinajstić information content (AvgIpc) is 3.22. The van der Waals surface area contributed by atoms with Crippen molar-refractivity contribution in [2.75, 3.05) is 0 Å². The number of ether oxygens (including phenoxy) is 2. The fourth-order valence-corrected chi connectivity index (χ4v) is 4.17. The minimum Gasteiger partial charge on any atom is -0.444 e. The van der Waals surface area contributed by atoms with Crippen LogP contribution in [-0.4, -0.2) is 32.3 Å². The molecule has 2 amide bonds. The highest BCUT2D eigenvalue weighted by atomic mass is 19.1. The first-order valence-corrected chi connectivity index (χ1v) is 12.0. The summed E-state index contributed by atoms with van der Waals surface area (Å²) < 4.78 is 25.7. The van der Waals surface area contributed by atoms with Crippen LogP contribution < -0.4 is 16.2 Å². The lowest BCUT2D eigenvalue weighted by Crippen LogP contribution is -2.27. The largest absolute Gasteiger partial charge is 0.444 e. The van der Waals surface area contributed by atoms with Crippen LogP contribution in [0.5, 0.6) is 6.01 Å². The second-order valence-corrected chi connectivity index (χ2v) is 9.54. The fraction of sp³-hybridized carbons (Fsp3) is 0.138. The van der Waals surface area contributed by atoms with Gasteiger partial charge in [-0.05, 0) is 56.7 Å². The van der Waals surface area contributed by atoms with Crippen molar-refractivity contribution < 1.29 is 23.5 Å². The summed E-state index contributed by atoms with van der Waals surface area (Å²) in [5.41, 5.74) is 13.2. The Labute approximate surface area is 228 Å². The van der Waals surface area contributed by atoms with Crippen LogP contribution in [0.3, 0.4) is 0 Å². The van der Waals surface area contributed by atoms with E-state index >= 15 is 0 Å². The molecule has 3 aromatic carbocycles. The minimum absolute atomic E-state index is 0.00868. The van der Waals surface area contributed by atoms with Crippen LogP contribution in [0, 0.1) is 17.1 Å². The second-order valence-electron chi connectivity index (χ2n) is 9.54. The number of fused-ring (bicyclic) bond motifs is 3. The number of nitrogens with two attached hydrogens (primary N) is 2. The molecule has 2 aromatic heterocycles. The van der Waals surface area contributed by atoms with Gasteiger partial charge in [0, 0.05) is 34.4 Å². The fourth-order valence-electron chi connectivity index (χ4n) is 4.17. The molecule has 0 spiro atoms. The van der Waals surface area contributed by atoms with Crippen molar-refractivity contribution in [1.29, 1.82) is 5.26 Å². The summed E-state index contributed by atoms with van der Waals surface area (Å²) in [6, 6.07) is 19.8. The van der Waals surface area contributed by atoms with Crippen LogP contribution in [0.15, 0.2) is 73.1 Å². The van der Waals surface area contributed by atoms with Crippen LogP contribution in [0.25, 0.3) is 38.6 Å². The lowest BCUT2D eigenvalue weighted by molar-refractivity contribution is 0.0600. The molecular formula is C29H25FN6O4. The number of carbonyl (C=O) groups excluding carboxylic acids is 2. The van der Waals surface area contributed by atoms with Crippen molar-refractivity contribution in [1.82, 2.24) is 14.5 Å². The molecule has 0 radical (unpaired) electrons. The predicted octanol–water partition coefficient (Wildman–Crippen LogP) is 5.59.